The van der Waals surface area contributed by atoms with Crippen LogP contribution in [0.1, 0.15) is 32.8 Å². The van der Waals surface area contributed by atoms with Gasteiger partial charge in [-0.2, -0.15) is 0 Å². The average molecular weight is 299 g/mol. The normalized spacial score (nSPS) is 24.3. The van der Waals surface area contributed by atoms with Crippen LogP contribution in [0.15, 0.2) is 18.2 Å². The number of benzene rings is 1. The Balaban J connectivity index is 2.16. The second-order valence-electron chi connectivity index (χ2n) is 5.99. The van der Waals surface area contributed by atoms with Gasteiger partial charge in [-0.1, -0.05) is 32.4 Å². The number of hydrogen-bond acceptors (Lipinski definition) is 2. The van der Waals surface area contributed by atoms with Crippen molar-refractivity contribution < 1.29 is 4.39 Å². The van der Waals surface area contributed by atoms with Gasteiger partial charge in [0.25, 0.3) is 0 Å². The van der Waals surface area contributed by atoms with Crippen molar-refractivity contribution in [3.8, 4) is 0 Å². The zero-order valence-corrected chi connectivity index (χ0v) is 13.3. The fourth-order valence-corrected chi connectivity index (χ4v) is 3.07. The largest absolute Gasteiger partial charge is 0.311 e. The number of nitrogens with zero attached hydrogens (tertiary/aromatic N) is 1. The molecule has 112 valence electrons. The molecular formula is C16H24ClFN2. The Hall–Kier alpha value is -0.640. The first-order chi connectivity index (χ1) is 9.51. The number of piperazine rings is 1. The van der Waals surface area contributed by atoms with Gasteiger partial charge in [0.1, 0.15) is 5.82 Å². The molecule has 1 saturated heterocycles. The lowest BCUT2D eigenvalue weighted by Crippen LogP contribution is -2.57. The van der Waals surface area contributed by atoms with Crippen molar-refractivity contribution in [1.29, 1.82) is 0 Å². The molecule has 0 aromatic heterocycles. The summed E-state index contributed by atoms with van der Waals surface area (Å²) in [7, 11) is 0. The quantitative estimate of drug-likeness (QED) is 0.912. The van der Waals surface area contributed by atoms with Gasteiger partial charge in [-0.25, -0.2) is 4.39 Å². The van der Waals surface area contributed by atoms with Crippen LogP contribution in [-0.4, -0.2) is 30.1 Å². The predicted octanol–water partition coefficient (Wildman–Crippen LogP) is 3.69. The van der Waals surface area contributed by atoms with Gasteiger partial charge in [0.15, 0.2) is 0 Å². The molecule has 0 saturated carbocycles. The molecule has 0 bridgehead atoms. The SMILES string of the molecule is CCC1CN(Cc2cc(F)ccc2Cl)C(C(C)C)CN1. The Bertz CT molecular complexity index is 450. The lowest BCUT2D eigenvalue weighted by Gasteiger charge is -2.42. The van der Waals surface area contributed by atoms with Gasteiger partial charge in [-0.05, 0) is 36.1 Å². The number of rotatable bonds is 4. The molecule has 1 heterocycles. The molecule has 2 unspecified atom stereocenters. The minimum absolute atomic E-state index is 0.215. The molecule has 2 rings (SSSR count). The maximum Gasteiger partial charge on any atom is 0.123 e. The Kier molecular flexibility index (Phi) is 5.42. The molecule has 1 fully saturated rings. The molecule has 2 atom stereocenters. The average Bonchev–Trinajstić information content (AvgIpc) is 2.42. The Labute approximate surface area is 126 Å². The number of halogens is 2. The van der Waals surface area contributed by atoms with Gasteiger partial charge in [0, 0.05) is 36.7 Å². The summed E-state index contributed by atoms with van der Waals surface area (Å²) in [6.45, 7) is 9.37. The van der Waals surface area contributed by atoms with E-state index in [0.717, 1.165) is 31.6 Å². The standard InChI is InChI=1S/C16H24ClFN2/c1-4-14-10-20(16(8-19-14)11(2)3)9-12-7-13(18)5-6-15(12)17/h5-7,11,14,16,19H,4,8-10H2,1-3H3. The van der Waals surface area contributed by atoms with Gasteiger partial charge in [-0.3, -0.25) is 4.90 Å². The van der Waals surface area contributed by atoms with E-state index >= 15 is 0 Å². The van der Waals surface area contributed by atoms with E-state index in [1.807, 2.05) is 0 Å². The van der Waals surface area contributed by atoms with Crippen LogP contribution in [-0.2, 0) is 6.54 Å². The molecule has 0 spiro atoms. The monoisotopic (exact) mass is 298 g/mol. The topological polar surface area (TPSA) is 15.3 Å². The third kappa shape index (κ3) is 3.72. The van der Waals surface area contributed by atoms with Crippen LogP contribution in [0.25, 0.3) is 0 Å². The smallest absolute Gasteiger partial charge is 0.123 e. The van der Waals surface area contributed by atoms with Crippen molar-refractivity contribution in [3.05, 3.63) is 34.6 Å². The minimum atomic E-state index is -0.215. The van der Waals surface area contributed by atoms with E-state index in [1.54, 1.807) is 12.1 Å². The van der Waals surface area contributed by atoms with Gasteiger partial charge < -0.3 is 5.32 Å². The van der Waals surface area contributed by atoms with Crippen LogP contribution in [0, 0.1) is 11.7 Å². The number of hydrogen-bond donors (Lipinski definition) is 1. The molecule has 4 heteroatoms. The molecule has 20 heavy (non-hydrogen) atoms. The maximum absolute atomic E-state index is 13.4. The lowest BCUT2D eigenvalue weighted by atomic mass is 9.97. The van der Waals surface area contributed by atoms with E-state index < -0.39 is 0 Å². The fourth-order valence-electron chi connectivity index (χ4n) is 2.90. The summed E-state index contributed by atoms with van der Waals surface area (Å²) in [5.41, 5.74) is 0.883. The van der Waals surface area contributed by atoms with Crippen molar-refractivity contribution in [3.63, 3.8) is 0 Å². The molecule has 1 aromatic rings. The van der Waals surface area contributed by atoms with Crippen LogP contribution >= 0.6 is 11.6 Å². The minimum Gasteiger partial charge on any atom is -0.311 e. The number of nitrogens with one attached hydrogen (secondary N) is 1. The van der Waals surface area contributed by atoms with Gasteiger partial charge in [0.05, 0.1) is 0 Å². The Morgan fingerprint density at radius 1 is 1.45 bits per heavy atom. The highest BCUT2D eigenvalue weighted by molar-refractivity contribution is 6.31. The third-order valence-electron chi connectivity index (χ3n) is 4.18. The highest BCUT2D eigenvalue weighted by atomic mass is 35.5. The Morgan fingerprint density at radius 3 is 2.85 bits per heavy atom. The summed E-state index contributed by atoms with van der Waals surface area (Å²) in [5, 5.41) is 4.25. The summed E-state index contributed by atoms with van der Waals surface area (Å²) < 4.78 is 13.4. The molecular weight excluding hydrogens is 275 g/mol. The molecule has 1 aliphatic heterocycles. The maximum atomic E-state index is 13.4. The van der Waals surface area contributed by atoms with Crippen molar-refractivity contribution >= 4 is 11.6 Å². The molecule has 0 radical (unpaired) electrons. The van der Waals surface area contributed by atoms with Crippen molar-refractivity contribution in [1.82, 2.24) is 10.2 Å². The zero-order valence-electron chi connectivity index (χ0n) is 12.5. The highest BCUT2D eigenvalue weighted by Gasteiger charge is 2.29. The van der Waals surface area contributed by atoms with E-state index in [2.05, 4.69) is 31.0 Å². The van der Waals surface area contributed by atoms with Crippen LogP contribution < -0.4 is 5.32 Å². The van der Waals surface area contributed by atoms with Crippen LogP contribution in [0.5, 0.6) is 0 Å². The van der Waals surface area contributed by atoms with Crippen molar-refractivity contribution in [2.24, 2.45) is 5.92 Å². The summed E-state index contributed by atoms with van der Waals surface area (Å²) >= 11 is 6.20. The Morgan fingerprint density at radius 2 is 2.20 bits per heavy atom. The van der Waals surface area contributed by atoms with E-state index in [1.165, 1.54) is 6.07 Å². The van der Waals surface area contributed by atoms with E-state index in [-0.39, 0.29) is 5.82 Å². The van der Waals surface area contributed by atoms with Crippen LogP contribution in [0.2, 0.25) is 5.02 Å². The molecule has 0 amide bonds. The summed E-state index contributed by atoms with van der Waals surface area (Å²) in [6.07, 6.45) is 1.11. The first-order valence-electron chi connectivity index (χ1n) is 7.42. The molecule has 2 nitrogen and oxygen atoms in total. The molecule has 1 aliphatic rings. The van der Waals surface area contributed by atoms with E-state index in [4.69, 9.17) is 11.6 Å². The van der Waals surface area contributed by atoms with Crippen LogP contribution in [0.3, 0.4) is 0 Å². The van der Waals surface area contributed by atoms with E-state index in [9.17, 15) is 4.39 Å². The van der Waals surface area contributed by atoms with Gasteiger partial charge >= 0.3 is 0 Å². The summed E-state index contributed by atoms with van der Waals surface area (Å²) in [5.74, 6) is 0.348. The van der Waals surface area contributed by atoms with Crippen LogP contribution in [0.4, 0.5) is 4.39 Å². The molecule has 1 aromatic carbocycles. The lowest BCUT2D eigenvalue weighted by molar-refractivity contribution is 0.0900. The molecule has 0 aliphatic carbocycles. The fraction of sp³-hybridized carbons (Fsp3) is 0.625. The first-order valence-corrected chi connectivity index (χ1v) is 7.80. The molecule has 1 N–H and O–H groups in total. The van der Waals surface area contributed by atoms with Crippen molar-refractivity contribution in [2.75, 3.05) is 13.1 Å². The van der Waals surface area contributed by atoms with E-state index in [0.29, 0.717) is 23.0 Å². The first kappa shape index (κ1) is 15.7. The summed E-state index contributed by atoms with van der Waals surface area (Å²) in [4.78, 5) is 2.44. The predicted molar refractivity (Wildman–Crippen MR) is 82.5 cm³/mol. The van der Waals surface area contributed by atoms with Gasteiger partial charge in [0.2, 0.25) is 0 Å². The second-order valence-corrected chi connectivity index (χ2v) is 6.40. The summed E-state index contributed by atoms with van der Waals surface area (Å²) in [6, 6.07) is 5.60. The highest BCUT2D eigenvalue weighted by Crippen LogP contribution is 2.23. The van der Waals surface area contributed by atoms with Crippen molar-refractivity contribution in [2.45, 2.75) is 45.8 Å². The van der Waals surface area contributed by atoms with Gasteiger partial charge in [-0.15, -0.1) is 0 Å². The second kappa shape index (κ2) is 6.88. The third-order valence-corrected chi connectivity index (χ3v) is 4.55. The zero-order chi connectivity index (χ0) is 14.7.